The van der Waals surface area contributed by atoms with Crippen molar-refractivity contribution >= 4 is 18.6 Å². The molecule has 0 radical (unpaired) electrons. The van der Waals surface area contributed by atoms with Crippen molar-refractivity contribution in [3.63, 3.8) is 0 Å². The average molecular weight is 294 g/mol. The quantitative estimate of drug-likeness (QED) is 0.394. The second kappa shape index (κ2) is 7.23. The van der Waals surface area contributed by atoms with E-state index in [1.54, 1.807) is 12.1 Å². The lowest BCUT2D eigenvalue weighted by Gasteiger charge is -2.22. The molecule has 0 saturated carbocycles. The van der Waals surface area contributed by atoms with E-state index in [2.05, 4.69) is 0 Å². The molecule has 1 fully saturated rings. The van der Waals surface area contributed by atoms with E-state index in [-0.39, 0.29) is 10.6 Å². The predicted molar refractivity (Wildman–Crippen MR) is 67.5 cm³/mol. The summed E-state index contributed by atoms with van der Waals surface area (Å²) in [6, 6.07) is 6.94. The Hall–Kier alpha value is -1.64. The summed E-state index contributed by atoms with van der Waals surface area (Å²) in [6.45, 7) is 2.30. The summed E-state index contributed by atoms with van der Waals surface area (Å²) >= 11 is 0. The molecular formula is C11H15BF4N2O2. The number of quaternary nitrogens is 1. The number of benzene rings is 1. The maximum atomic E-state index is 10.5. The second-order valence-electron chi connectivity index (χ2n) is 4.46. The van der Waals surface area contributed by atoms with Gasteiger partial charge in [-0.1, -0.05) is 0 Å². The lowest BCUT2D eigenvalue weighted by atomic mass is 10.1. The number of piperidine rings is 1. The molecule has 2 rings (SSSR count). The van der Waals surface area contributed by atoms with E-state index in [4.69, 9.17) is 0 Å². The van der Waals surface area contributed by atoms with Crippen molar-refractivity contribution < 1.29 is 27.1 Å². The number of nitrogens with one attached hydrogen (secondary N) is 1. The summed E-state index contributed by atoms with van der Waals surface area (Å²) in [4.78, 5) is 11.6. The van der Waals surface area contributed by atoms with Gasteiger partial charge in [-0.25, -0.2) is 0 Å². The van der Waals surface area contributed by atoms with Gasteiger partial charge < -0.3 is 22.2 Å². The Morgan fingerprint density at radius 3 is 1.85 bits per heavy atom. The van der Waals surface area contributed by atoms with Crippen molar-refractivity contribution in [3.8, 4) is 0 Å². The Kier molecular flexibility index (Phi) is 5.93. The van der Waals surface area contributed by atoms with Crippen LogP contribution in [0.25, 0.3) is 0 Å². The van der Waals surface area contributed by atoms with Gasteiger partial charge >= 0.3 is 7.25 Å². The molecule has 0 bridgehead atoms. The van der Waals surface area contributed by atoms with Gasteiger partial charge in [0, 0.05) is 24.3 Å². The third-order valence-corrected chi connectivity index (χ3v) is 2.94. The van der Waals surface area contributed by atoms with Gasteiger partial charge in [-0.15, -0.1) is 0 Å². The third kappa shape index (κ3) is 6.51. The summed E-state index contributed by atoms with van der Waals surface area (Å²) in [5, 5.41) is 10.5. The molecule has 0 aliphatic carbocycles. The number of non-ortho nitro benzene ring substituents is 1. The number of nitrogens with zero attached hydrogens (tertiary/aromatic N) is 1. The number of hydrogen-bond acceptors (Lipinski definition) is 2. The first-order valence-electron chi connectivity index (χ1n) is 6.24. The van der Waals surface area contributed by atoms with Crippen LogP contribution >= 0.6 is 0 Å². The first-order valence-corrected chi connectivity index (χ1v) is 6.24. The molecule has 1 aliphatic heterocycles. The molecule has 0 amide bonds. The largest absolute Gasteiger partial charge is 0.673 e. The summed E-state index contributed by atoms with van der Waals surface area (Å²) < 4.78 is 39.0. The molecule has 1 aliphatic rings. The van der Waals surface area contributed by atoms with Crippen LogP contribution in [0.5, 0.6) is 0 Å². The van der Waals surface area contributed by atoms with Gasteiger partial charge in [0.25, 0.3) is 5.69 Å². The molecular weight excluding hydrogens is 279 g/mol. The summed E-state index contributed by atoms with van der Waals surface area (Å²) in [5.74, 6) is 0. The fraction of sp³-hybridized carbons (Fsp3) is 0.455. The highest BCUT2D eigenvalue weighted by molar-refractivity contribution is 6.50. The Balaban J connectivity index is 0.000000347. The van der Waals surface area contributed by atoms with Crippen LogP contribution in [0.3, 0.4) is 0 Å². The molecule has 20 heavy (non-hydrogen) atoms. The zero-order valence-electron chi connectivity index (χ0n) is 10.7. The standard InChI is InChI=1S/C11H14N2O2.BF4/c14-13(15)11-6-4-10(5-7-11)12-8-2-1-3-9-12;2-1(3,4)5/h4-7H,1-3,8-9H2;/q;-1/p+1. The summed E-state index contributed by atoms with van der Waals surface area (Å²) in [6.07, 6.45) is 3.83. The molecule has 1 heterocycles. The van der Waals surface area contributed by atoms with Gasteiger partial charge in [0.15, 0.2) is 0 Å². The van der Waals surface area contributed by atoms with Gasteiger partial charge in [-0.2, -0.15) is 0 Å². The summed E-state index contributed by atoms with van der Waals surface area (Å²) in [5.41, 5.74) is 1.36. The van der Waals surface area contributed by atoms with Crippen LogP contribution in [-0.4, -0.2) is 25.3 Å². The van der Waals surface area contributed by atoms with Crippen molar-refractivity contribution in [2.75, 3.05) is 13.1 Å². The Bertz CT molecular complexity index is 427. The van der Waals surface area contributed by atoms with E-state index in [1.807, 2.05) is 12.1 Å². The van der Waals surface area contributed by atoms with Crippen LogP contribution in [0.1, 0.15) is 19.3 Å². The maximum Gasteiger partial charge on any atom is 0.673 e. The zero-order chi connectivity index (χ0) is 15.2. The van der Waals surface area contributed by atoms with Crippen molar-refractivity contribution in [2.24, 2.45) is 0 Å². The van der Waals surface area contributed by atoms with E-state index < -0.39 is 7.25 Å². The van der Waals surface area contributed by atoms with E-state index in [0.29, 0.717) is 0 Å². The zero-order valence-corrected chi connectivity index (χ0v) is 10.7. The van der Waals surface area contributed by atoms with Crippen LogP contribution < -0.4 is 4.90 Å². The van der Waals surface area contributed by atoms with Gasteiger partial charge in [0.1, 0.15) is 5.69 Å². The first kappa shape index (κ1) is 16.4. The van der Waals surface area contributed by atoms with E-state index in [0.717, 1.165) is 13.1 Å². The highest BCUT2D eigenvalue weighted by Crippen LogP contribution is 2.13. The molecule has 1 saturated heterocycles. The van der Waals surface area contributed by atoms with Gasteiger partial charge in [0.05, 0.1) is 18.0 Å². The molecule has 1 N–H and O–H groups in total. The first-order chi connectivity index (χ1) is 9.27. The Labute approximate surface area is 113 Å². The van der Waals surface area contributed by atoms with Crippen molar-refractivity contribution in [2.45, 2.75) is 19.3 Å². The smallest absolute Gasteiger partial charge is 0.418 e. The van der Waals surface area contributed by atoms with Crippen LogP contribution in [0.15, 0.2) is 24.3 Å². The van der Waals surface area contributed by atoms with Gasteiger partial charge in [-0.05, 0) is 19.3 Å². The third-order valence-electron chi connectivity index (χ3n) is 2.94. The number of rotatable bonds is 2. The number of nitro groups is 1. The molecule has 0 atom stereocenters. The molecule has 9 heteroatoms. The molecule has 112 valence electrons. The molecule has 1 aromatic rings. The molecule has 1 aromatic carbocycles. The van der Waals surface area contributed by atoms with E-state index in [9.17, 15) is 27.4 Å². The normalized spacial score (nSPS) is 16.2. The van der Waals surface area contributed by atoms with Crippen LogP contribution in [0.2, 0.25) is 0 Å². The van der Waals surface area contributed by atoms with Crippen LogP contribution in [0, 0.1) is 10.1 Å². The Morgan fingerprint density at radius 2 is 1.45 bits per heavy atom. The SMILES string of the molecule is F[B-](F)(F)F.O=[N+]([O-])c1ccc([NH+]2CCCCC2)cc1. The fourth-order valence-corrected chi connectivity index (χ4v) is 2.09. The van der Waals surface area contributed by atoms with Crippen LogP contribution in [-0.2, 0) is 0 Å². The topological polar surface area (TPSA) is 47.6 Å². The van der Waals surface area contributed by atoms with Crippen molar-refractivity contribution in [1.29, 1.82) is 0 Å². The molecule has 4 nitrogen and oxygen atoms in total. The highest BCUT2D eigenvalue weighted by Gasteiger charge is 2.20. The minimum atomic E-state index is -6.00. The molecule has 0 unspecified atom stereocenters. The lowest BCUT2D eigenvalue weighted by Crippen LogP contribution is -3.08. The van der Waals surface area contributed by atoms with Crippen LogP contribution in [0.4, 0.5) is 28.6 Å². The minimum Gasteiger partial charge on any atom is -0.418 e. The lowest BCUT2D eigenvalue weighted by molar-refractivity contribution is -0.838. The Morgan fingerprint density at radius 1 is 1.00 bits per heavy atom. The second-order valence-corrected chi connectivity index (χ2v) is 4.46. The van der Waals surface area contributed by atoms with Gasteiger partial charge in [-0.3, -0.25) is 10.1 Å². The maximum absolute atomic E-state index is 10.5. The number of hydrogen-bond donors (Lipinski definition) is 1. The molecule has 0 spiro atoms. The van der Waals surface area contributed by atoms with Crippen molar-refractivity contribution in [1.82, 2.24) is 0 Å². The highest BCUT2D eigenvalue weighted by atomic mass is 19.5. The van der Waals surface area contributed by atoms with E-state index >= 15 is 0 Å². The van der Waals surface area contributed by atoms with E-state index in [1.165, 1.54) is 29.8 Å². The monoisotopic (exact) mass is 294 g/mol. The summed E-state index contributed by atoms with van der Waals surface area (Å²) in [7, 11) is -6.00. The van der Waals surface area contributed by atoms with Gasteiger partial charge in [0.2, 0.25) is 0 Å². The number of halogens is 4. The van der Waals surface area contributed by atoms with Crippen molar-refractivity contribution in [3.05, 3.63) is 34.4 Å². The minimum absolute atomic E-state index is 0.176. The number of nitro benzene ring substituents is 1. The predicted octanol–water partition coefficient (Wildman–Crippen LogP) is 2.60. The average Bonchev–Trinajstić information content (AvgIpc) is 2.38. The fourth-order valence-electron chi connectivity index (χ4n) is 2.09. The molecule has 0 aromatic heterocycles.